The van der Waals surface area contributed by atoms with Gasteiger partial charge in [-0.2, -0.15) is 5.10 Å². The van der Waals surface area contributed by atoms with Crippen molar-refractivity contribution in [2.45, 2.75) is 19.3 Å². The number of hydrogen-bond donors (Lipinski definition) is 1. The summed E-state index contributed by atoms with van der Waals surface area (Å²) in [5.41, 5.74) is 1.70. The quantitative estimate of drug-likeness (QED) is 0.755. The minimum atomic E-state index is 0.0188. The van der Waals surface area contributed by atoms with Crippen molar-refractivity contribution in [2.24, 2.45) is 7.05 Å². The molecule has 0 spiro atoms. The van der Waals surface area contributed by atoms with E-state index < -0.39 is 0 Å². The normalized spacial score (nSPS) is 10.7. The Hall–Kier alpha value is -2.54. The van der Waals surface area contributed by atoms with Crippen molar-refractivity contribution in [1.29, 1.82) is 0 Å². The van der Waals surface area contributed by atoms with Crippen molar-refractivity contribution >= 4 is 22.9 Å². The van der Waals surface area contributed by atoms with Gasteiger partial charge in [-0.05, 0) is 37.1 Å². The fraction of sp³-hybridized carbons (Fsp3) is 0.250. The van der Waals surface area contributed by atoms with Crippen molar-refractivity contribution < 1.29 is 4.79 Å². The summed E-state index contributed by atoms with van der Waals surface area (Å²) in [6, 6.07) is 7.54. The van der Waals surface area contributed by atoms with E-state index in [2.05, 4.69) is 20.4 Å². The molecule has 1 amide bonds. The predicted octanol–water partition coefficient (Wildman–Crippen LogP) is 2.90. The van der Waals surface area contributed by atoms with Gasteiger partial charge in [-0.25, -0.2) is 9.97 Å². The molecule has 1 aromatic carbocycles. The van der Waals surface area contributed by atoms with Crippen LogP contribution in [0.15, 0.2) is 42.2 Å². The first-order chi connectivity index (χ1) is 11.2. The lowest BCUT2D eigenvalue weighted by Gasteiger charge is -2.05. The first-order valence-electron chi connectivity index (χ1n) is 7.35. The van der Waals surface area contributed by atoms with Crippen LogP contribution in [0.3, 0.4) is 0 Å². The molecule has 0 unspecified atom stereocenters. The van der Waals surface area contributed by atoms with Crippen LogP contribution in [-0.2, 0) is 18.3 Å². The first-order valence-corrected chi connectivity index (χ1v) is 8.23. The van der Waals surface area contributed by atoms with E-state index in [0.717, 1.165) is 29.1 Å². The highest BCUT2D eigenvalue weighted by Crippen LogP contribution is 2.18. The molecule has 0 aliphatic heterocycles. The molecule has 0 saturated heterocycles. The van der Waals surface area contributed by atoms with E-state index in [-0.39, 0.29) is 5.91 Å². The lowest BCUT2D eigenvalue weighted by molar-refractivity contribution is -0.116. The van der Waals surface area contributed by atoms with Crippen molar-refractivity contribution in [3.8, 4) is 11.4 Å². The largest absolute Gasteiger partial charge is 0.326 e. The number of nitrogens with zero attached hydrogens (tertiary/aromatic N) is 4. The van der Waals surface area contributed by atoms with Crippen LogP contribution in [0.2, 0.25) is 0 Å². The summed E-state index contributed by atoms with van der Waals surface area (Å²) in [5, 5.41) is 10.2. The van der Waals surface area contributed by atoms with Crippen LogP contribution >= 0.6 is 11.3 Å². The van der Waals surface area contributed by atoms with E-state index in [0.29, 0.717) is 12.2 Å². The maximum Gasteiger partial charge on any atom is 0.224 e. The van der Waals surface area contributed by atoms with Gasteiger partial charge in [-0.3, -0.25) is 9.48 Å². The number of rotatable bonds is 6. The van der Waals surface area contributed by atoms with Crippen LogP contribution in [0.1, 0.15) is 17.8 Å². The van der Waals surface area contributed by atoms with Crippen LogP contribution in [0.4, 0.5) is 5.69 Å². The van der Waals surface area contributed by atoms with E-state index in [9.17, 15) is 4.79 Å². The fourth-order valence-corrected chi connectivity index (χ4v) is 2.84. The third-order valence-electron chi connectivity index (χ3n) is 3.30. The Morgan fingerprint density at radius 3 is 2.74 bits per heavy atom. The van der Waals surface area contributed by atoms with E-state index >= 15 is 0 Å². The molecule has 6 nitrogen and oxygen atoms in total. The fourth-order valence-electron chi connectivity index (χ4n) is 2.17. The average Bonchev–Trinajstić information content (AvgIpc) is 3.20. The van der Waals surface area contributed by atoms with Gasteiger partial charge in [0.25, 0.3) is 0 Å². The molecule has 3 rings (SSSR count). The smallest absolute Gasteiger partial charge is 0.224 e. The monoisotopic (exact) mass is 327 g/mol. The third kappa shape index (κ3) is 4.23. The summed E-state index contributed by atoms with van der Waals surface area (Å²) in [6.45, 7) is 0. The second kappa shape index (κ2) is 7.15. The van der Waals surface area contributed by atoms with Crippen molar-refractivity contribution in [3.05, 3.63) is 47.2 Å². The zero-order valence-corrected chi connectivity index (χ0v) is 13.6. The number of carbonyl (C=O) groups is 1. The van der Waals surface area contributed by atoms with E-state index in [4.69, 9.17) is 0 Å². The standard InChI is InChI=1S/C16H17N5OS/c1-21-11-18-16(20-21)12-5-7-13(8-6-12)19-14(22)3-2-4-15-17-9-10-23-15/h5-11H,2-4H2,1H3,(H,19,22). The molecule has 0 bridgehead atoms. The highest BCUT2D eigenvalue weighted by molar-refractivity contribution is 7.09. The van der Waals surface area contributed by atoms with Crippen molar-refractivity contribution in [1.82, 2.24) is 19.7 Å². The maximum absolute atomic E-state index is 11.9. The van der Waals surface area contributed by atoms with Crippen molar-refractivity contribution in [2.75, 3.05) is 5.32 Å². The highest BCUT2D eigenvalue weighted by atomic mass is 32.1. The van der Waals surface area contributed by atoms with Gasteiger partial charge in [0.2, 0.25) is 5.91 Å². The number of carbonyl (C=O) groups excluding carboxylic acids is 1. The van der Waals surface area contributed by atoms with E-state index in [1.807, 2.05) is 36.7 Å². The van der Waals surface area contributed by atoms with Gasteiger partial charge in [0.15, 0.2) is 5.82 Å². The molecule has 2 heterocycles. The number of aromatic nitrogens is 4. The minimum Gasteiger partial charge on any atom is -0.326 e. The molecule has 1 N–H and O–H groups in total. The summed E-state index contributed by atoms with van der Waals surface area (Å²) in [6.07, 6.45) is 5.58. The Labute approximate surface area is 138 Å². The molecule has 0 radical (unpaired) electrons. The van der Waals surface area contributed by atoms with Crippen LogP contribution < -0.4 is 5.32 Å². The van der Waals surface area contributed by atoms with Gasteiger partial charge < -0.3 is 5.32 Å². The van der Waals surface area contributed by atoms with Gasteiger partial charge in [-0.1, -0.05) is 0 Å². The van der Waals surface area contributed by atoms with E-state index in [1.165, 1.54) is 0 Å². The lowest BCUT2D eigenvalue weighted by Crippen LogP contribution is -2.11. The molecule has 0 saturated carbocycles. The number of anilines is 1. The molecule has 2 aromatic heterocycles. The van der Waals surface area contributed by atoms with Crippen LogP contribution in [0, 0.1) is 0 Å². The second-order valence-corrected chi connectivity index (χ2v) is 6.13. The van der Waals surface area contributed by atoms with Crippen LogP contribution in [-0.4, -0.2) is 25.7 Å². The number of amides is 1. The molecule has 3 aromatic rings. The highest BCUT2D eigenvalue weighted by Gasteiger charge is 2.06. The summed E-state index contributed by atoms with van der Waals surface area (Å²) < 4.78 is 1.66. The summed E-state index contributed by atoms with van der Waals surface area (Å²) in [4.78, 5) is 20.4. The number of hydrogen-bond acceptors (Lipinski definition) is 5. The third-order valence-corrected chi connectivity index (χ3v) is 4.14. The lowest BCUT2D eigenvalue weighted by atomic mass is 10.2. The second-order valence-electron chi connectivity index (χ2n) is 5.15. The van der Waals surface area contributed by atoms with Gasteiger partial charge in [-0.15, -0.1) is 11.3 Å². The molecular formula is C16H17N5OS. The molecule has 0 aliphatic rings. The van der Waals surface area contributed by atoms with Gasteiger partial charge in [0.05, 0.1) is 5.01 Å². The Morgan fingerprint density at radius 1 is 1.26 bits per heavy atom. The van der Waals surface area contributed by atoms with Gasteiger partial charge >= 0.3 is 0 Å². The Kier molecular flexibility index (Phi) is 4.77. The SMILES string of the molecule is Cn1cnc(-c2ccc(NC(=O)CCCc3nccs3)cc2)n1. The van der Waals surface area contributed by atoms with Gasteiger partial charge in [0, 0.05) is 36.3 Å². The molecular weight excluding hydrogens is 310 g/mol. The van der Waals surface area contributed by atoms with Crippen molar-refractivity contribution in [3.63, 3.8) is 0 Å². The number of aryl methyl sites for hydroxylation is 2. The number of thiazole rings is 1. The zero-order valence-electron chi connectivity index (χ0n) is 12.8. The summed E-state index contributed by atoms with van der Waals surface area (Å²) >= 11 is 1.62. The minimum absolute atomic E-state index is 0.0188. The Bertz CT molecular complexity index is 764. The molecule has 7 heteroatoms. The average molecular weight is 327 g/mol. The topological polar surface area (TPSA) is 72.7 Å². The van der Waals surface area contributed by atoms with Gasteiger partial charge in [0.1, 0.15) is 6.33 Å². The zero-order chi connectivity index (χ0) is 16.1. The Morgan fingerprint density at radius 2 is 2.09 bits per heavy atom. The summed E-state index contributed by atoms with van der Waals surface area (Å²) in [7, 11) is 1.83. The first kappa shape index (κ1) is 15.4. The molecule has 118 valence electrons. The maximum atomic E-state index is 11.9. The van der Waals surface area contributed by atoms with Crippen LogP contribution in [0.5, 0.6) is 0 Å². The predicted molar refractivity (Wildman–Crippen MR) is 90.1 cm³/mol. The molecule has 0 aliphatic carbocycles. The summed E-state index contributed by atoms with van der Waals surface area (Å²) in [5.74, 6) is 0.694. The Balaban J connectivity index is 1.50. The number of benzene rings is 1. The molecule has 0 atom stereocenters. The molecule has 0 fully saturated rings. The number of nitrogens with one attached hydrogen (secondary N) is 1. The molecule has 23 heavy (non-hydrogen) atoms. The van der Waals surface area contributed by atoms with Crippen LogP contribution in [0.25, 0.3) is 11.4 Å². The van der Waals surface area contributed by atoms with E-state index in [1.54, 1.807) is 28.5 Å².